The van der Waals surface area contributed by atoms with E-state index in [0.717, 1.165) is 15.2 Å². The lowest BCUT2D eigenvalue weighted by Gasteiger charge is -2.17. The second-order valence-corrected chi connectivity index (χ2v) is 8.15. The van der Waals surface area contributed by atoms with Crippen molar-refractivity contribution < 1.29 is 19.2 Å². The van der Waals surface area contributed by atoms with Crippen LogP contribution in [-0.4, -0.2) is 35.4 Å². The number of hydrogen-bond donors (Lipinski definition) is 1. The van der Waals surface area contributed by atoms with Crippen LogP contribution in [0.25, 0.3) is 10.2 Å². The average Bonchev–Trinajstić information content (AvgIpc) is 3.29. The lowest BCUT2D eigenvalue weighted by atomic mass is 10.1. The van der Waals surface area contributed by atoms with E-state index < -0.39 is 16.7 Å². The van der Waals surface area contributed by atoms with E-state index in [2.05, 4.69) is 10.3 Å². The van der Waals surface area contributed by atoms with Crippen molar-refractivity contribution in [3.63, 3.8) is 0 Å². The highest BCUT2D eigenvalue weighted by Gasteiger charge is 2.36. The van der Waals surface area contributed by atoms with E-state index in [1.165, 1.54) is 25.3 Å². The Kier molecular flexibility index (Phi) is 5.08. The molecule has 1 fully saturated rings. The highest BCUT2D eigenvalue weighted by Crippen LogP contribution is 2.32. The van der Waals surface area contributed by atoms with Crippen LogP contribution in [-0.2, 0) is 9.59 Å². The van der Waals surface area contributed by atoms with Crippen LogP contribution in [0.3, 0.4) is 0 Å². The first-order valence-electron chi connectivity index (χ1n) is 9.16. The molecule has 30 heavy (non-hydrogen) atoms. The summed E-state index contributed by atoms with van der Waals surface area (Å²) in [5.41, 5.74) is 1.29. The molecular weight excluding hydrogens is 408 g/mol. The molecule has 1 N–H and O–H groups in total. The molecular formula is C20H18N4O5S. The van der Waals surface area contributed by atoms with Crippen LogP contribution in [0.5, 0.6) is 5.75 Å². The van der Waals surface area contributed by atoms with Gasteiger partial charge in [-0.1, -0.05) is 0 Å². The Morgan fingerprint density at radius 2 is 2.13 bits per heavy atom. The monoisotopic (exact) mass is 426 g/mol. The van der Waals surface area contributed by atoms with E-state index in [1.54, 1.807) is 16.2 Å². The molecule has 4 rings (SSSR count). The third kappa shape index (κ3) is 3.69. The van der Waals surface area contributed by atoms with Gasteiger partial charge in [-0.2, -0.15) is 0 Å². The van der Waals surface area contributed by atoms with Crippen LogP contribution in [0.1, 0.15) is 11.4 Å². The summed E-state index contributed by atoms with van der Waals surface area (Å²) in [6.07, 6.45) is 0.0317. The molecule has 0 spiro atoms. The van der Waals surface area contributed by atoms with Crippen molar-refractivity contribution in [2.75, 3.05) is 23.9 Å². The van der Waals surface area contributed by atoms with Gasteiger partial charge in [0.15, 0.2) is 0 Å². The Labute approximate surface area is 175 Å². The number of ether oxygens (including phenoxy) is 1. The van der Waals surface area contributed by atoms with E-state index in [-0.39, 0.29) is 30.2 Å². The maximum absolute atomic E-state index is 12.7. The third-order valence-corrected chi connectivity index (χ3v) is 5.90. The van der Waals surface area contributed by atoms with Gasteiger partial charge >= 0.3 is 0 Å². The Hall–Kier alpha value is -3.53. The highest BCUT2D eigenvalue weighted by atomic mass is 32.1. The molecule has 1 aliphatic heterocycles. The van der Waals surface area contributed by atoms with Crippen molar-refractivity contribution in [1.29, 1.82) is 0 Å². The van der Waals surface area contributed by atoms with Gasteiger partial charge in [-0.15, -0.1) is 11.3 Å². The summed E-state index contributed by atoms with van der Waals surface area (Å²) in [5.74, 6) is -0.919. The number of nitrogens with one attached hydrogen (secondary N) is 1. The van der Waals surface area contributed by atoms with Gasteiger partial charge in [0, 0.05) is 18.7 Å². The predicted molar refractivity (Wildman–Crippen MR) is 113 cm³/mol. The maximum Gasteiger partial charge on any atom is 0.296 e. The molecule has 1 atom stereocenters. The fourth-order valence-electron chi connectivity index (χ4n) is 3.46. The minimum atomic E-state index is -0.618. The number of rotatable bonds is 5. The summed E-state index contributed by atoms with van der Waals surface area (Å²) in [7, 11) is 1.40. The molecule has 2 aromatic carbocycles. The van der Waals surface area contributed by atoms with E-state index >= 15 is 0 Å². The summed E-state index contributed by atoms with van der Waals surface area (Å²) >= 11 is 1.57. The number of nitro groups is 1. The zero-order valence-electron chi connectivity index (χ0n) is 16.2. The standard InChI is InChI=1S/C20H18N4O5S/c1-11-21-16-8-13(3-6-18(16)30-11)23-10-12(7-19(23)25)20(26)22-15-5-4-14(29-2)9-17(15)24(27)28/h3-6,8-9,12H,7,10H2,1-2H3,(H,22,26). The summed E-state index contributed by atoms with van der Waals surface area (Å²) in [6, 6.07) is 9.78. The van der Waals surface area contributed by atoms with Gasteiger partial charge in [0.25, 0.3) is 5.69 Å². The quantitative estimate of drug-likeness (QED) is 0.493. The smallest absolute Gasteiger partial charge is 0.296 e. The molecule has 9 nitrogen and oxygen atoms in total. The Morgan fingerprint density at radius 3 is 2.87 bits per heavy atom. The molecule has 1 unspecified atom stereocenters. The number of nitrogens with zero attached hydrogens (tertiary/aromatic N) is 3. The van der Waals surface area contributed by atoms with Gasteiger partial charge in [-0.3, -0.25) is 19.7 Å². The van der Waals surface area contributed by atoms with Gasteiger partial charge < -0.3 is 15.0 Å². The van der Waals surface area contributed by atoms with Crippen molar-refractivity contribution in [3.05, 3.63) is 51.5 Å². The average molecular weight is 426 g/mol. The molecule has 2 amide bonds. The van der Waals surface area contributed by atoms with E-state index in [0.29, 0.717) is 11.4 Å². The van der Waals surface area contributed by atoms with Crippen LogP contribution >= 0.6 is 11.3 Å². The van der Waals surface area contributed by atoms with Gasteiger partial charge in [-0.25, -0.2) is 4.98 Å². The number of hydrogen-bond acceptors (Lipinski definition) is 7. The second-order valence-electron chi connectivity index (χ2n) is 6.92. The van der Waals surface area contributed by atoms with Crippen molar-refractivity contribution in [2.45, 2.75) is 13.3 Å². The van der Waals surface area contributed by atoms with Crippen LogP contribution in [0.4, 0.5) is 17.1 Å². The van der Waals surface area contributed by atoms with E-state index in [9.17, 15) is 19.7 Å². The minimum absolute atomic E-state index is 0.0317. The minimum Gasteiger partial charge on any atom is -0.496 e. The lowest BCUT2D eigenvalue weighted by Crippen LogP contribution is -2.28. The molecule has 1 saturated heterocycles. The molecule has 1 aliphatic rings. The molecule has 1 aromatic heterocycles. The number of fused-ring (bicyclic) bond motifs is 1. The first-order valence-corrected chi connectivity index (χ1v) is 9.98. The summed E-state index contributed by atoms with van der Waals surface area (Å²) in [4.78, 5) is 42.0. The number of amides is 2. The first kappa shape index (κ1) is 19.8. The summed E-state index contributed by atoms with van der Waals surface area (Å²) < 4.78 is 6.03. The number of aromatic nitrogens is 1. The number of thiazole rings is 1. The Balaban J connectivity index is 1.52. The topological polar surface area (TPSA) is 115 Å². The third-order valence-electron chi connectivity index (χ3n) is 4.95. The Bertz CT molecular complexity index is 1180. The molecule has 3 aromatic rings. The fraction of sp³-hybridized carbons (Fsp3) is 0.250. The highest BCUT2D eigenvalue weighted by molar-refractivity contribution is 7.18. The number of carbonyl (C=O) groups excluding carboxylic acids is 2. The molecule has 0 radical (unpaired) electrons. The molecule has 154 valence electrons. The number of nitro benzene ring substituents is 1. The summed E-state index contributed by atoms with van der Waals surface area (Å²) in [6.45, 7) is 2.12. The first-order chi connectivity index (χ1) is 14.4. The molecule has 0 bridgehead atoms. The van der Waals surface area contributed by atoms with Crippen LogP contribution in [0.15, 0.2) is 36.4 Å². The van der Waals surface area contributed by atoms with E-state index in [4.69, 9.17) is 4.74 Å². The number of carbonyl (C=O) groups is 2. The predicted octanol–water partition coefficient (Wildman–Crippen LogP) is 3.51. The van der Waals surface area contributed by atoms with Crippen molar-refractivity contribution >= 4 is 50.4 Å². The maximum atomic E-state index is 12.7. The number of benzene rings is 2. The van der Waals surface area contributed by atoms with Gasteiger partial charge in [0.2, 0.25) is 11.8 Å². The molecule has 0 saturated carbocycles. The van der Waals surface area contributed by atoms with E-state index in [1.807, 2.05) is 25.1 Å². The van der Waals surface area contributed by atoms with Gasteiger partial charge in [0.1, 0.15) is 11.4 Å². The van der Waals surface area contributed by atoms with Gasteiger partial charge in [0.05, 0.1) is 39.2 Å². The van der Waals surface area contributed by atoms with Crippen molar-refractivity contribution in [1.82, 2.24) is 4.98 Å². The van der Waals surface area contributed by atoms with Crippen molar-refractivity contribution in [2.24, 2.45) is 5.92 Å². The van der Waals surface area contributed by atoms with Crippen LogP contribution in [0, 0.1) is 23.0 Å². The zero-order chi connectivity index (χ0) is 21.4. The van der Waals surface area contributed by atoms with Crippen molar-refractivity contribution in [3.8, 4) is 5.75 Å². The number of anilines is 2. The van der Waals surface area contributed by atoms with Crippen LogP contribution in [0.2, 0.25) is 0 Å². The molecule has 0 aliphatic carbocycles. The van der Waals surface area contributed by atoms with Crippen LogP contribution < -0.4 is 15.0 Å². The lowest BCUT2D eigenvalue weighted by molar-refractivity contribution is -0.384. The number of methoxy groups -OCH3 is 1. The Morgan fingerprint density at radius 1 is 1.33 bits per heavy atom. The fourth-order valence-corrected chi connectivity index (χ4v) is 4.27. The molecule has 10 heteroatoms. The summed E-state index contributed by atoms with van der Waals surface area (Å²) in [5, 5.41) is 14.8. The largest absolute Gasteiger partial charge is 0.496 e. The SMILES string of the molecule is COc1ccc(NC(=O)C2CC(=O)N(c3ccc4sc(C)nc4c3)C2)c([N+](=O)[O-])c1. The second kappa shape index (κ2) is 7.71. The molecule has 2 heterocycles. The zero-order valence-corrected chi connectivity index (χ0v) is 17.1. The normalized spacial score (nSPS) is 16.1. The number of aryl methyl sites for hydroxylation is 1. The van der Waals surface area contributed by atoms with Gasteiger partial charge in [-0.05, 0) is 37.3 Å².